The summed E-state index contributed by atoms with van der Waals surface area (Å²) in [5.41, 5.74) is -3.00. The predicted molar refractivity (Wildman–Crippen MR) is 121 cm³/mol. The molecule has 1 aromatic carbocycles. The van der Waals surface area contributed by atoms with Gasteiger partial charge in [0.2, 0.25) is 0 Å². The average Bonchev–Trinajstić information content (AvgIpc) is 3.22. The van der Waals surface area contributed by atoms with E-state index < -0.39 is 44.2 Å². The zero-order chi connectivity index (χ0) is 24.3. The Bertz CT molecular complexity index is 1420. The van der Waals surface area contributed by atoms with E-state index in [1.54, 1.807) is 30.3 Å². The van der Waals surface area contributed by atoms with E-state index in [0.717, 1.165) is 6.26 Å². The fourth-order valence-corrected chi connectivity index (χ4v) is 7.41. The minimum absolute atomic E-state index is 0.0187. The second-order valence-electron chi connectivity index (χ2n) is 8.95. The summed E-state index contributed by atoms with van der Waals surface area (Å²) < 4.78 is 32.6. The molecule has 2 N–H and O–H groups in total. The standard InChI is InChI=1S/C25H21N3O5S/c1-34(31,32)21-20(17-5-3-2-4-6-17)25(18-9-7-15(12-26)8-10-18)24(30,23(21)29)22-19(33-25)11-16(13-27)14-28-22/h2-5,7-11,14,17,20-21,23,29-30H,6H2,1H3/t17?,20-,21-,23-,24+,25+/m1/s1. The molecule has 0 bridgehead atoms. The number of aromatic nitrogens is 1. The van der Waals surface area contributed by atoms with Crippen molar-refractivity contribution in [1.82, 2.24) is 4.98 Å². The van der Waals surface area contributed by atoms with Gasteiger partial charge in [0.05, 0.1) is 22.4 Å². The van der Waals surface area contributed by atoms with Gasteiger partial charge in [-0.05, 0) is 30.0 Å². The molecule has 2 aliphatic carbocycles. The van der Waals surface area contributed by atoms with E-state index in [9.17, 15) is 29.2 Å². The summed E-state index contributed by atoms with van der Waals surface area (Å²) in [7, 11) is -3.89. The number of benzene rings is 1. The Morgan fingerprint density at radius 1 is 1.15 bits per heavy atom. The second-order valence-corrected chi connectivity index (χ2v) is 11.2. The Labute approximate surface area is 197 Å². The Morgan fingerprint density at radius 2 is 1.85 bits per heavy atom. The molecule has 0 amide bonds. The van der Waals surface area contributed by atoms with Crippen molar-refractivity contribution in [2.45, 2.75) is 29.0 Å². The minimum atomic E-state index is -3.89. The summed E-state index contributed by atoms with van der Waals surface area (Å²) in [5, 5.41) is 41.1. The molecule has 8 nitrogen and oxygen atoms in total. The van der Waals surface area contributed by atoms with Gasteiger partial charge in [-0.15, -0.1) is 0 Å². The Hall–Kier alpha value is -3.50. The lowest BCUT2D eigenvalue weighted by Crippen LogP contribution is -2.53. The monoisotopic (exact) mass is 475 g/mol. The van der Waals surface area contributed by atoms with Crippen LogP contribution in [-0.2, 0) is 21.0 Å². The van der Waals surface area contributed by atoms with Crippen molar-refractivity contribution in [1.29, 1.82) is 10.5 Å². The van der Waals surface area contributed by atoms with Gasteiger partial charge in [-0.25, -0.2) is 8.42 Å². The van der Waals surface area contributed by atoms with E-state index in [0.29, 0.717) is 17.5 Å². The summed E-state index contributed by atoms with van der Waals surface area (Å²) in [4.78, 5) is 4.26. The lowest BCUT2D eigenvalue weighted by atomic mass is 9.69. The smallest absolute Gasteiger partial charge is 0.181 e. The number of hydrogen-bond donors (Lipinski definition) is 2. The Kier molecular flexibility index (Phi) is 4.92. The van der Waals surface area contributed by atoms with Crippen LogP contribution in [0.25, 0.3) is 0 Å². The van der Waals surface area contributed by atoms with Crippen LogP contribution in [0, 0.1) is 34.5 Å². The number of hydrogen-bond acceptors (Lipinski definition) is 8. The van der Waals surface area contributed by atoms with Crippen LogP contribution in [0.1, 0.15) is 28.8 Å². The molecule has 0 radical (unpaired) electrons. The van der Waals surface area contributed by atoms with Gasteiger partial charge >= 0.3 is 0 Å². The van der Waals surface area contributed by atoms with Gasteiger partial charge < -0.3 is 14.9 Å². The quantitative estimate of drug-likeness (QED) is 0.684. The molecule has 9 heteroatoms. The molecule has 172 valence electrons. The molecule has 1 aromatic heterocycles. The maximum atomic E-state index is 13.1. The molecule has 1 saturated carbocycles. The molecule has 1 fully saturated rings. The number of aliphatic hydroxyl groups is 2. The maximum Gasteiger partial charge on any atom is 0.181 e. The highest BCUT2D eigenvalue weighted by molar-refractivity contribution is 7.91. The number of pyridine rings is 1. The highest BCUT2D eigenvalue weighted by Gasteiger charge is 2.79. The van der Waals surface area contributed by atoms with Gasteiger partial charge in [0.1, 0.15) is 23.6 Å². The second kappa shape index (κ2) is 7.51. The van der Waals surface area contributed by atoms with Gasteiger partial charge in [-0.1, -0.05) is 36.4 Å². The van der Waals surface area contributed by atoms with Crippen molar-refractivity contribution < 1.29 is 23.4 Å². The highest BCUT2D eigenvalue weighted by Crippen LogP contribution is 2.66. The van der Waals surface area contributed by atoms with Crippen LogP contribution in [0.4, 0.5) is 0 Å². The molecule has 1 unspecified atom stereocenters. The molecule has 0 saturated heterocycles. The molecular formula is C25H21N3O5S. The Balaban J connectivity index is 1.85. The summed E-state index contributed by atoms with van der Waals surface area (Å²) in [6.45, 7) is 0. The van der Waals surface area contributed by atoms with Crippen molar-refractivity contribution in [3.8, 4) is 17.9 Å². The van der Waals surface area contributed by atoms with Crippen LogP contribution in [-0.4, -0.2) is 41.2 Å². The van der Waals surface area contributed by atoms with E-state index in [1.807, 2.05) is 30.4 Å². The van der Waals surface area contributed by atoms with Crippen LogP contribution in [0.15, 0.2) is 60.8 Å². The number of nitriles is 2. The first-order valence-electron chi connectivity index (χ1n) is 10.7. The van der Waals surface area contributed by atoms with Crippen LogP contribution in [0.5, 0.6) is 5.75 Å². The number of ether oxygens (including phenoxy) is 1. The molecule has 2 aromatic rings. The van der Waals surface area contributed by atoms with Gasteiger partial charge in [0, 0.05) is 24.4 Å². The zero-order valence-corrected chi connectivity index (χ0v) is 19.0. The lowest BCUT2D eigenvalue weighted by Gasteiger charge is -2.42. The normalized spacial score (nSPS) is 33.4. The van der Waals surface area contributed by atoms with E-state index in [-0.39, 0.29) is 17.0 Å². The fourth-order valence-electron chi connectivity index (χ4n) is 5.82. The number of nitrogens with zero attached hydrogens (tertiary/aromatic N) is 3. The van der Waals surface area contributed by atoms with Crippen molar-refractivity contribution >= 4 is 9.84 Å². The van der Waals surface area contributed by atoms with Gasteiger partial charge in [-0.2, -0.15) is 10.5 Å². The summed E-state index contributed by atoms with van der Waals surface area (Å²) in [6, 6.07) is 11.8. The fraction of sp³-hybridized carbons (Fsp3) is 0.320. The summed E-state index contributed by atoms with van der Waals surface area (Å²) >= 11 is 0. The van der Waals surface area contributed by atoms with Crippen molar-refractivity contribution in [2.75, 3.05) is 6.26 Å². The third-order valence-corrected chi connectivity index (χ3v) is 8.69. The van der Waals surface area contributed by atoms with Crippen LogP contribution in [0.3, 0.4) is 0 Å². The van der Waals surface area contributed by atoms with E-state index >= 15 is 0 Å². The van der Waals surface area contributed by atoms with E-state index in [4.69, 9.17) is 4.74 Å². The number of allylic oxidation sites excluding steroid dienone is 4. The van der Waals surface area contributed by atoms with Crippen molar-refractivity contribution in [2.24, 2.45) is 11.8 Å². The van der Waals surface area contributed by atoms with Crippen LogP contribution >= 0.6 is 0 Å². The minimum Gasteiger partial charge on any atom is -0.477 e. The summed E-state index contributed by atoms with van der Waals surface area (Å²) in [6.07, 6.45) is 8.42. The molecule has 34 heavy (non-hydrogen) atoms. The third kappa shape index (κ3) is 2.82. The molecule has 3 aliphatic rings. The van der Waals surface area contributed by atoms with Crippen molar-refractivity contribution in [3.05, 3.63) is 83.2 Å². The molecule has 6 atom stereocenters. The first-order chi connectivity index (χ1) is 16.2. The van der Waals surface area contributed by atoms with Gasteiger partial charge in [0.25, 0.3) is 0 Å². The molecule has 0 spiro atoms. The first-order valence-corrected chi connectivity index (χ1v) is 12.7. The summed E-state index contributed by atoms with van der Waals surface area (Å²) in [5.74, 6) is -1.19. The number of aliphatic hydroxyl groups excluding tert-OH is 1. The number of sulfone groups is 1. The van der Waals surface area contributed by atoms with Crippen LogP contribution < -0.4 is 4.74 Å². The van der Waals surface area contributed by atoms with Crippen molar-refractivity contribution in [3.63, 3.8) is 0 Å². The molecule has 2 heterocycles. The molecule has 1 aliphatic heterocycles. The topological polar surface area (TPSA) is 144 Å². The average molecular weight is 476 g/mol. The van der Waals surface area contributed by atoms with E-state index in [2.05, 4.69) is 4.98 Å². The number of rotatable bonds is 3. The number of fused-ring (bicyclic) bond motifs is 3. The first kappa shape index (κ1) is 22.3. The van der Waals surface area contributed by atoms with Gasteiger partial charge in [-0.3, -0.25) is 4.98 Å². The predicted octanol–water partition coefficient (Wildman–Crippen LogP) is 1.84. The zero-order valence-electron chi connectivity index (χ0n) is 18.2. The lowest BCUT2D eigenvalue weighted by molar-refractivity contribution is -0.161. The van der Waals surface area contributed by atoms with Gasteiger partial charge in [0.15, 0.2) is 21.0 Å². The highest BCUT2D eigenvalue weighted by atomic mass is 32.2. The molecule has 5 rings (SSSR count). The third-order valence-electron chi connectivity index (χ3n) is 7.15. The Morgan fingerprint density at radius 3 is 2.44 bits per heavy atom. The van der Waals surface area contributed by atoms with E-state index in [1.165, 1.54) is 12.3 Å². The van der Waals surface area contributed by atoms with Crippen LogP contribution in [0.2, 0.25) is 0 Å². The maximum absolute atomic E-state index is 13.1. The molecular weight excluding hydrogens is 454 g/mol. The largest absolute Gasteiger partial charge is 0.477 e. The SMILES string of the molecule is CS(=O)(=O)[C@H]1[C@@H](O)[C@@]2(O)c3ncc(C#N)cc3O[C@@]2(c2ccc(C#N)cc2)[C@@H]1C1C=CC=CC1.